The lowest BCUT2D eigenvalue weighted by Crippen LogP contribution is -2.37. The van der Waals surface area contributed by atoms with Crippen molar-refractivity contribution in [1.29, 1.82) is 0 Å². The van der Waals surface area contributed by atoms with Crippen LogP contribution in [0, 0.1) is 11.7 Å². The van der Waals surface area contributed by atoms with Gasteiger partial charge in [-0.25, -0.2) is 4.39 Å². The van der Waals surface area contributed by atoms with Crippen molar-refractivity contribution < 1.29 is 14.3 Å². The topological polar surface area (TPSA) is 40.5 Å². The van der Waals surface area contributed by atoms with Gasteiger partial charge in [0, 0.05) is 19.0 Å². The zero-order valence-corrected chi connectivity index (χ0v) is 12.2. The number of carboxylic acid groups (broad SMARTS) is 1. The Morgan fingerprint density at radius 1 is 1.38 bits per heavy atom. The van der Waals surface area contributed by atoms with E-state index in [-0.39, 0.29) is 12.2 Å². The number of hydrogen-bond donors (Lipinski definition) is 1. The molecule has 2 unspecified atom stereocenters. The van der Waals surface area contributed by atoms with Gasteiger partial charge in [-0.1, -0.05) is 6.07 Å². The molecule has 3 nitrogen and oxygen atoms in total. The summed E-state index contributed by atoms with van der Waals surface area (Å²) in [5, 5.41) is 8.83. The molecule has 0 aromatic heterocycles. The number of benzene rings is 1. The van der Waals surface area contributed by atoms with Crippen LogP contribution in [0.25, 0.3) is 0 Å². The van der Waals surface area contributed by atoms with Gasteiger partial charge >= 0.3 is 5.97 Å². The lowest BCUT2D eigenvalue weighted by atomic mass is 9.91. The molecular weight excluding hydrogens is 269 g/mol. The molecule has 21 heavy (non-hydrogen) atoms. The van der Waals surface area contributed by atoms with E-state index in [1.165, 1.54) is 5.56 Å². The molecule has 2 atom stereocenters. The average molecular weight is 291 g/mol. The van der Waals surface area contributed by atoms with Crippen molar-refractivity contribution in [2.24, 2.45) is 5.92 Å². The fourth-order valence-corrected chi connectivity index (χ4v) is 3.87. The number of hydrogen-bond acceptors (Lipinski definition) is 2. The summed E-state index contributed by atoms with van der Waals surface area (Å²) in [4.78, 5) is 13.2. The third-order valence-corrected chi connectivity index (χ3v) is 4.91. The van der Waals surface area contributed by atoms with E-state index in [0.717, 1.165) is 50.8 Å². The molecule has 2 aliphatic rings. The van der Waals surface area contributed by atoms with Gasteiger partial charge in [-0.05, 0) is 67.8 Å². The Labute approximate surface area is 124 Å². The summed E-state index contributed by atoms with van der Waals surface area (Å²) in [6.07, 6.45) is 5.34. The number of fused-ring (bicyclic) bond motifs is 1. The van der Waals surface area contributed by atoms with Crippen LogP contribution < -0.4 is 0 Å². The van der Waals surface area contributed by atoms with E-state index in [0.29, 0.717) is 12.0 Å². The minimum absolute atomic E-state index is 0.153. The number of nitrogens with zero attached hydrogens (tertiary/aromatic N) is 1. The lowest BCUT2D eigenvalue weighted by molar-refractivity contribution is -0.137. The summed E-state index contributed by atoms with van der Waals surface area (Å²) in [6.45, 7) is 2.00. The maximum absolute atomic E-state index is 13.5. The Kier molecular flexibility index (Phi) is 4.24. The normalized spacial score (nSPS) is 25.8. The van der Waals surface area contributed by atoms with Crippen molar-refractivity contribution in [2.45, 2.75) is 44.6 Å². The number of rotatable bonds is 4. The molecule has 0 saturated carbocycles. The van der Waals surface area contributed by atoms with Crippen LogP contribution in [0.15, 0.2) is 18.2 Å². The van der Waals surface area contributed by atoms with Gasteiger partial charge in [-0.2, -0.15) is 0 Å². The van der Waals surface area contributed by atoms with Crippen LogP contribution in [0.3, 0.4) is 0 Å². The molecule has 4 heteroatoms. The Morgan fingerprint density at radius 2 is 2.24 bits per heavy atom. The van der Waals surface area contributed by atoms with Gasteiger partial charge in [-0.3, -0.25) is 9.69 Å². The van der Waals surface area contributed by atoms with Crippen LogP contribution in [0.4, 0.5) is 4.39 Å². The van der Waals surface area contributed by atoms with E-state index in [9.17, 15) is 9.18 Å². The highest BCUT2D eigenvalue weighted by Crippen LogP contribution is 2.38. The first-order valence-corrected chi connectivity index (χ1v) is 7.87. The van der Waals surface area contributed by atoms with E-state index in [1.807, 2.05) is 6.07 Å². The van der Waals surface area contributed by atoms with Crippen LogP contribution in [0.5, 0.6) is 0 Å². The molecule has 1 fully saturated rings. The molecule has 1 aromatic carbocycles. The molecule has 0 amide bonds. The number of aliphatic carboxylic acids is 1. The number of likely N-dealkylation sites (tertiary alicyclic amines) is 1. The number of aryl methyl sites for hydroxylation is 1. The van der Waals surface area contributed by atoms with Crippen LogP contribution >= 0.6 is 0 Å². The Hall–Kier alpha value is -1.42. The second-order valence-corrected chi connectivity index (χ2v) is 6.33. The first-order valence-electron chi connectivity index (χ1n) is 7.87. The monoisotopic (exact) mass is 291 g/mol. The molecule has 0 spiro atoms. The van der Waals surface area contributed by atoms with Crippen LogP contribution in [-0.2, 0) is 11.2 Å². The van der Waals surface area contributed by atoms with Gasteiger partial charge in [0.15, 0.2) is 0 Å². The second-order valence-electron chi connectivity index (χ2n) is 6.33. The fourth-order valence-electron chi connectivity index (χ4n) is 3.87. The highest BCUT2D eigenvalue weighted by Gasteiger charge is 2.31. The van der Waals surface area contributed by atoms with Crippen LogP contribution in [0.2, 0.25) is 0 Å². The van der Waals surface area contributed by atoms with Crippen molar-refractivity contribution in [3.63, 3.8) is 0 Å². The van der Waals surface area contributed by atoms with Crippen molar-refractivity contribution in [3.8, 4) is 0 Å². The van der Waals surface area contributed by atoms with E-state index >= 15 is 0 Å². The fraction of sp³-hybridized carbons (Fsp3) is 0.588. The molecule has 1 saturated heterocycles. The average Bonchev–Trinajstić information content (AvgIpc) is 2.88. The second kappa shape index (κ2) is 6.14. The van der Waals surface area contributed by atoms with E-state index in [1.54, 1.807) is 12.1 Å². The third-order valence-electron chi connectivity index (χ3n) is 4.91. The number of halogens is 1. The van der Waals surface area contributed by atoms with Crippen molar-refractivity contribution in [3.05, 3.63) is 35.1 Å². The molecule has 3 rings (SSSR count). The smallest absolute Gasteiger partial charge is 0.303 e. The van der Waals surface area contributed by atoms with E-state index in [2.05, 4.69) is 4.90 Å². The van der Waals surface area contributed by atoms with Crippen LogP contribution in [0.1, 0.15) is 49.3 Å². The Bertz CT molecular complexity index is 532. The molecule has 1 N–H and O–H groups in total. The number of carbonyl (C=O) groups is 1. The van der Waals surface area contributed by atoms with E-state index < -0.39 is 5.97 Å². The van der Waals surface area contributed by atoms with Crippen LogP contribution in [-0.4, -0.2) is 29.1 Å². The lowest BCUT2D eigenvalue weighted by Gasteiger charge is -2.37. The molecule has 0 radical (unpaired) electrons. The Morgan fingerprint density at radius 3 is 3.05 bits per heavy atom. The minimum atomic E-state index is -0.708. The van der Waals surface area contributed by atoms with Gasteiger partial charge in [0.2, 0.25) is 0 Å². The maximum Gasteiger partial charge on any atom is 0.303 e. The molecule has 1 aliphatic heterocycles. The third kappa shape index (κ3) is 3.26. The van der Waals surface area contributed by atoms with Crippen molar-refractivity contribution in [1.82, 2.24) is 4.90 Å². The largest absolute Gasteiger partial charge is 0.481 e. The molecule has 0 bridgehead atoms. The predicted octanol–water partition coefficient (Wildman–Crippen LogP) is 3.39. The van der Waals surface area contributed by atoms with Gasteiger partial charge in [-0.15, -0.1) is 0 Å². The van der Waals surface area contributed by atoms with E-state index in [4.69, 9.17) is 5.11 Å². The zero-order valence-electron chi connectivity index (χ0n) is 12.2. The highest BCUT2D eigenvalue weighted by atomic mass is 19.1. The Balaban J connectivity index is 1.68. The predicted molar refractivity (Wildman–Crippen MR) is 78.6 cm³/mol. The van der Waals surface area contributed by atoms with Gasteiger partial charge in [0.25, 0.3) is 0 Å². The first kappa shape index (κ1) is 14.5. The standard InChI is InChI=1S/C17H22FNO2/c18-14-6-4-13-5-7-16(15(13)10-14)19-9-1-2-12(11-19)3-8-17(20)21/h4,6,10,12,16H,1-3,5,7-9,11H2,(H,20,21). The summed E-state index contributed by atoms with van der Waals surface area (Å²) in [6, 6.07) is 5.47. The maximum atomic E-state index is 13.5. The van der Waals surface area contributed by atoms with Gasteiger partial charge in [0.1, 0.15) is 5.82 Å². The van der Waals surface area contributed by atoms with Gasteiger partial charge in [0.05, 0.1) is 0 Å². The molecule has 114 valence electrons. The summed E-state index contributed by atoms with van der Waals surface area (Å²) < 4.78 is 13.5. The SMILES string of the molecule is O=C(O)CCC1CCCN(C2CCc3ccc(F)cc32)C1. The number of carboxylic acids is 1. The molecule has 1 heterocycles. The summed E-state index contributed by atoms with van der Waals surface area (Å²) in [5.41, 5.74) is 2.42. The molecule has 1 aliphatic carbocycles. The minimum Gasteiger partial charge on any atom is -0.481 e. The summed E-state index contributed by atoms with van der Waals surface area (Å²) in [5.74, 6) is -0.395. The molecule has 1 aromatic rings. The zero-order chi connectivity index (χ0) is 14.8. The van der Waals surface area contributed by atoms with Gasteiger partial charge < -0.3 is 5.11 Å². The number of piperidine rings is 1. The quantitative estimate of drug-likeness (QED) is 0.924. The van der Waals surface area contributed by atoms with Crippen molar-refractivity contribution in [2.75, 3.05) is 13.1 Å². The first-order chi connectivity index (χ1) is 10.1. The summed E-state index contributed by atoms with van der Waals surface area (Å²) >= 11 is 0. The summed E-state index contributed by atoms with van der Waals surface area (Å²) in [7, 11) is 0. The molecular formula is C17H22FNO2. The highest BCUT2D eigenvalue weighted by molar-refractivity contribution is 5.66. The van der Waals surface area contributed by atoms with Crippen molar-refractivity contribution >= 4 is 5.97 Å².